The van der Waals surface area contributed by atoms with E-state index in [0.29, 0.717) is 17.1 Å². The van der Waals surface area contributed by atoms with Gasteiger partial charge in [0.05, 0.1) is 24.8 Å². The van der Waals surface area contributed by atoms with Gasteiger partial charge >= 0.3 is 5.97 Å². The number of rotatable bonds is 5. The lowest BCUT2D eigenvalue weighted by Gasteiger charge is -2.10. The van der Waals surface area contributed by atoms with E-state index in [1.54, 1.807) is 12.4 Å². The van der Waals surface area contributed by atoms with Crippen LogP contribution in [0.5, 0.6) is 0 Å². The SMILES string of the molecule is COC(=O)c1ccoc1CSc1nncn1-c1ccc(C)cc1C. The van der Waals surface area contributed by atoms with Crippen LogP contribution >= 0.6 is 11.8 Å². The summed E-state index contributed by atoms with van der Waals surface area (Å²) in [5.41, 5.74) is 3.81. The third-order valence-electron chi connectivity index (χ3n) is 3.61. The van der Waals surface area contributed by atoms with Gasteiger partial charge in [-0.05, 0) is 31.5 Å². The van der Waals surface area contributed by atoms with Gasteiger partial charge in [0.1, 0.15) is 17.7 Å². The molecule has 0 unspecified atom stereocenters. The molecule has 2 aromatic heterocycles. The van der Waals surface area contributed by atoms with Gasteiger partial charge in [-0.3, -0.25) is 4.57 Å². The number of esters is 1. The van der Waals surface area contributed by atoms with Gasteiger partial charge in [0, 0.05) is 0 Å². The predicted molar refractivity (Wildman–Crippen MR) is 90.4 cm³/mol. The van der Waals surface area contributed by atoms with Crippen molar-refractivity contribution >= 4 is 17.7 Å². The van der Waals surface area contributed by atoms with Gasteiger partial charge in [-0.2, -0.15) is 0 Å². The van der Waals surface area contributed by atoms with Crippen LogP contribution in [0.25, 0.3) is 5.69 Å². The van der Waals surface area contributed by atoms with Crippen molar-refractivity contribution in [2.75, 3.05) is 7.11 Å². The van der Waals surface area contributed by atoms with Crippen molar-refractivity contribution < 1.29 is 13.9 Å². The molecule has 0 aliphatic rings. The number of carbonyl (C=O) groups excluding carboxylic acids is 1. The normalized spacial score (nSPS) is 10.8. The van der Waals surface area contributed by atoms with E-state index in [1.807, 2.05) is 10.6 Å². The van der Waals surface area contributed by atoms with Crippen molar-refractivity contribution in [3.05, 3.63) is 59.3 Å². The van der Waals surface area contributed by atoms with Crippen molar-refractivity contribution in [1.82, 2.24) is 14.8 Å². The Morgan fingerprint density at radius 1 is 1.33 bits per heavy atom. The van der Waals surface area contributed by atoms with E-state index < -0.39 is 5.97 Å². The fraction of sp³-hybridized carbons (Fsp3) is 0.235. The number of thioether (sulfide) groups is 1. The summed E-state index contributed by atoms with van der Waals surface area (Å²) in [4.78, 5) is 11.7. The lowest BCUT2D eigenvalue weighted by atomic mass is 10.1. The Bertz CT molecular complexity index is 870. The number of nitrogens with zero attached hydrogens (tertiary/aromatic N) is 3. The zero-order valence-electron chi connectivity index (χ0n) is 13.6. The van der Waals surface area contributed by atoms with Crippen LogP contribution in [-0.4, -0.2) is 27.8 Å². The molecule has 0 aliphatic heterocycles. The van der Waals surface area contributed by atoms with Gasteiger partial charge in [-0.25, -0.2) is 4.79 Å². The molecule has 0 bridgehead atoms. The molecule has 0 radical (unpaired) electrons. The summed E-state index contributed by atoms with van der Waals surface area (Å²) in [5.74, 6) is 0.610. The number of aryl methyl sites for hydroxylation is 2. The van der Waals surface area contributed by atoms with Crippen LogP contribution in [0.15, 0.2) is 46.4 Å². The number of carbonyl (C=O) groups is 1. The van der Waals surface area contributed by atoms with E-state index in [9.17, 15) is 4.79 Å². The van der Waals surface area contributed by atoms with Crippen LogP contribution in [0.1, 0.15) is 27.2 Å². The number of benzene rings is 1. The summed E-state index contributed by atoms with van der Waals surface area (Å²) in [6.07, 6.45) is 3.17. The molecule has 0 spiro atoms. The first kappa shape index (κ1) is 16.3. The Hall–Kier alpha value is -2.54. The number of hydrogen-bond donors (Lipinski definition) is 0. The molecule has 24 heavy (non-hydrogen) atoms. The maximum atomic E-state index is 11.7. The molecule has 6 nitrogen and oxygen atoms in total. The number of ether oxygens (including phenoxy) is 1. The minimum absolute atomic E-state index is 0.407. The van der Waals surface area contributed by atoms with E-state index in [0.717, 1.165) is 16.4 Å². The Morgan fingerprint density at radius 3 is 2.92 bits per heavy atom. The molecule has 7 heteroatoms. The zero-order valence-corrected chi connectivity index (χ0v) is 14.5. The highest BCUT2D eigenvalue weighted by atomic mass is 32.2. The molecule has 0 fully saturated rings. The van der Waals surface area contributed by atoms with Crippen molar-refractivity contribution in [1.29, 1.82) is 0 Å². The fourth-order valence-corrected chi connectivity index (χ4v) is 3.31. The van der Waals surface area contributed by atoms with E-state index in [2.05, 4.69) is 36.2 Å². The van der Waals surface area contributed by atoms with Gasteiger partial charge in [-0.15, -0.1) is 10.2 Å². The van der Waals surface area contributed by atoms with Crippen LogP contribution < -0.4 is 0 Å². The zero-order chi connectivity index (χ0) is 17.1. The minimum atomic E-state index is -0.407. The third-order valence-corrected chi connectivity index (χ3v) is 4.55. The summed E-state index contributed by atoms with van der Waals surface area (Å²) in [6, 6.07) is 7.83. The lowest BCUT2D eigenvalue weighted by Crippen LogP contribution is -2.03. The van der Waals surface area contributed by atoms with E-state index in [-0.39, 0.29) is 0 Å². The monoisotopic (exact) mass is 343 g/mol. The lowest BCUT2D eigenvalue weighted by molar-refractivity contribution is 0.0598. The highest BCUT2D eigenvalue weighted by molar-refractivity contribution is 7.98. The highest BCUT2D eigenvalue weighted by Gasteiger charge is 2.17. The smallest absolute Gasteiger partial charge is 0.341 e. The Labute approximate surface area is 143 Å². The van der Waals surface area contributed by atoms with E-state index >= 15 is 0 Å². The minimum Gasteiger partial charge on any atom is -0.468 e. The van der Waals surface area contributed by atoms with Crippen molar-refractivity contribution in [3.63, 3.8) is 0 Å². The summed E-state index contributed by atoms with van der Waals surface area (Å²) in [5, 5.41) is 8.90. The topological polar surface area (TPSA) is 70.2 Å². The molecule has 3 rings (SSSR count). The second-order valence-electron chi connectivity index (χ2n) is 5.31. The van der Waals surface area contributed by atoms with Crippen molar-refractivity contribution in [2.45, 2.75) is 24.8 Å². The second-order valence-corrected chi connectivity index (χ2v) is 6.25. The first-order chi connectivity index (χ1) is 11.6. The van der Waals surface area contributed by atoms with Crippen molar-refractivity contribution in [2.24, 2.45) is 0 Å². The van der Waals surface area contributed by atoms with Gasteiger partial charge in [0.15, 0.2) is 5.16 Å². The Kier molecular flexibility index (Phi) is 4.71. The molecule has 0 atom stereocenters. The molecule has 0 saturated heterocycles. The summed E-state index contributed by atoms with van der Waals surface area (Å²) in [7, 11) is 1.35. The van der Waals surface area contributed by atoms with Gasteiger partial charge in [-0.1, -0.05) is 29.5 Å². The first-order valence-electron chi connectivity index (χ1n) is 7.35. The number of methoxy groups -OCH3 is 1. The maximum absolute atomic E-state index is 11.7. The predicted octanol–water partition coefficient (Wildman–Crippen LogP) is 3.56. The Morgan fingerprint density at radius 2 is 2.17 bits per heavy atom. The molecule has 0 saturated carbocycles. The summed E-state index contributed by atoms with van der Waals surface area (Å²) in [6.45, 7) is 4.11. The largest absolute Gasteiger partial charge is 0.468 e. The number of furan rings is 1. The summed E-state index contributed by atoms with van der Waals surface area (Å²) >= 11 is 1.45. The van der Waals surface area contributed by atoms with E-state index in [1.165, 1.54) is 30.7 Å². The van der Waals surface area contributed by atoms with Crippen LogP contribution in [0, 0.1) is 13.8 Å². The molecular formula is C17H17N3O3S. The van der Waals surface area contributed by atoms with Crippen molar-refractivity contribution in [3.8, 4) is 5.69 Å². The van der Waals surface area contributed by atoms with Gasteiger partial charge in [0.2, 0.25) is 0 Å². The average molecular weight is 343 g/mol. The molecule has 1 aromatic carbocycles. The van der Waals surface area contributed by atoms with Crippen LogP contribution in [0.2, 0.25) is 0 Å². The van der Waals surface area contributed by atoms with Gasteiger partial charge < -0.3 is 9.15 Å². The van der Waals surface area contributed by atoms with Crippen LogP contribution in [-0.2, 0) is 10.5 Å². The molecule has 0 amide bonds. The maximum Gasteiger partial charge on any atom is 0.341 e. The van der Waals surface area contributed by atoms with Crippen LogP contribution in [0.3, 0.4) is 0 Å². The quantitative estimate of drug-likeness (QED) is 0.521. The molecule has 3 aromatic rings. The third kappa shape index (κ3) is 3.21. The molecular weight excluding hydrogens is 326 g/mol. The fourth-order valence-electron chi connectivity index (χ4n) is 2.44. The van der Waals surface area contributed by atoms with Gasteiger partial charge in [0.25, 0.3) is 0 Å². The molecule has 0 aliphatic carbocycles. The Balaban J connectivity index is 1.82. The second kappa shape index (κ2) is 6.92. The molecule has 124 valence electrons. The average Bonchev–Trinajstić information content (AvgIpc) is 3.21. The molecule has 2 heterocycles. The molecule has 0 N–H and O–H groups in total. The highest BCUT2D eigenvalue weighted by Crippen LogP contribution is 2.27. The number of hydrogen-bond acceptors (Lipinski definition) is 6. The standard InChI is InChI=1S/C17H17N3O3S/c1-11-4-5-14(12(2)8-11)20-10-18-19-17(20)24-9-15-13(6-7-23-15)16(21)22-3/h4-8,10H,9H2,1-3H3. The summed E-state index contributed by atoms with van der Waals surface area (Å²) < 4.78 is 12.1. The van der Waals surface area contributed by atoms with E-state index in [4.69, 9.17) is 9.15 Å². The first-order valence-corrected chi connectivity index (χ1v) is 8.34. The van der Waals surface area contributed by atoms with Crippen LogP contribution in [0.4, 0.5) is 0 Å². The number of aromatic nitrogens is 3.